The van der Waals surface area contributed by atoms with Gasteiger partial charge in [0.1, 0.15) is 5.69 Å². The number of nitro benzene ring substituents is 1. The first-order chi connectivity index (χ1) is 14.0. The van der Waals surface area contributed by atoms with Gasteiger partial charge in [-0.05, 0) is 50.4 Å². The van der Waals surface area contributed by atoms with E-state index in [0.29, 0.717) is 17.9 Å². The Morgan fingerprint density at radius 1 is 1.00 bits per heavy atom. The average molecular weight is 396 g/mol. The van der Waals surface area contributed by atoms with Crippen LogP contribution in [0.3, 0.4) is 0 Å². The van der Waals surface area contributed by atoms with Crippen LogP contribution in [-0.4, -0.2) is 54.9 Å². The lowest BCUT2D eigenvalue weighted by Gasteiger charge is -2.24. The second kappa shape index (κ2) is 6.66. The van der Waals surface area contributed by atoms with Gasteiger partial charge in [-0.2, -0.15) is 0 Å². The first-order valence-electron chi connectivity index (χ1n) is 10.2. The van der Waals surface area contributed by atoms with Gasteiger partial charge in [0.2, 0.25) is 11.8 Å². The third-order valence-corrected chi connectivity index (χ3v) is 6.94. The lowest BCUT2D eigenvalue weighted by atomic mass is 9.85. The molecular weight excluding hydrogens is 372 g/mol. The summed E-state index contributed by atoms with van der Waals surface area (Å²) in [5.41, 5.74) is 0.817. The van der Waals surface area contributed by atoms with E-state index >= 15 is 0 Å². The van der Waals surface area contributed by atoms with Gasteiger partial charge < -0.3 is 9.80 Å². The maximum atomic E-state index is 13.0. The Bertz CT molecular complexity index is 899. The van der Waals surface area contributed by atoms with Crippen molar-refractivity contribution in [1.29, 1.82) is 0 Å². The number of likely N-dealkylation sites (N-methyl/N-ethyl adjacent to an activating group) is 1. The molecule has 5 rings (SSSR count). The number of rotatable bonds is 3. The van der Waals surface area contributed by atoms with Gasteiger partial charge in [0, 0.05) is 25.7 Å². The number of amides is 2. The van der Waals surface area contributed by atoms with E-state index in [9.17, 15) is 19.7 Å². The van der Waals surface area contributed by atoms with Crippen molar-refractivity contribution in [3.63, 3.8) is 0 Å². The molecule has 0 unspecified atom stereocenters. The smallest absolute Gasteiger partial charge is 0.294 e. The molecule has 2 heterocycles. The van der Waals surface area contributed by atoms with E-state index < -0.39 is 4.92 Å². The molecular formula is C21H24N4O4. The van der Waals surface area contributed by atoms with Crippen molar-refractivity contribution in [2.24, 2.45) is 23.7 Å². The number of carbonyl (C=O) groups is 2. The van der Waals surface area contributed by atoms with E-state index in [-0.39, 0.29) is 41.2 Å². The highest BCUT2D eigenvalue weighted by Crippen LogP contribution is 2.53. The number of fused-ring (bicyclic) bond motifs is 5. The second-order valence-corrected chi connectivity index (χ2v) is 8.59. The number of nitrogens with zero attached hydrogens (tertiary/aromatic N) is 4. The number of allylic oxidation sites excluding steroid dienone is 2. The van der Waals surface area contributed by atoms with Gasteiger partial charge in [0.25, 0.3) is 5.69 Å². The predicted molar refractivity (Wildman–Crippen MR) is 108 cm³/mol. The van der Waals surface area contributed by atoms with Crippen LogP contribution in [0.15, 0.2) is 30.4 Å². The second-order valence-electron chi connectivity index (χ2n) is 8.59. The molecule has 4 aliphatic rings. The molecule has 1 saturated carbocycles. The Balaban J connectivity index is 1.48. The molecule has 2 amide bonds. The van der Waals surface area contributed by atoms with Crippen LogP contribution in [0.25, 0.3) is 0 Å². The number of imide groups is 1. The molecule has 0 spiro atoms. The van der Waals surface area contributed by atoms with E-state index in [4.69, 9.17) is 0 Å². The zero-order chi connectivity index (χ0) is 20.3. The Morgan fingerprint density at radius 3 is 2.34 bits per heavy atom. The van der Waals surface area contributed by atoms with Crippen LogP contribution in [-0.2, 0) is 9.59 Å². The number of carbonyl (C=O) groups excluding carboxylic acids is 2. The third kappa shape index (κ3) is 2.77. The quantitative estimate of drug-likeness (QED) is 0.336. The van der Waals surface area contributed by atoms with E-state index in [1.807, 2.05) is 24.1 Å². The Labute approximate surface area is 168 Å². The molecule has 29 heavy (non-hydrogen) atoms. The molecule has 2 aliphatic heterocycles. The minimum Gasteiger partial charge on any atom is -0.365 e. The van der Waals surface area contributed by atoms with Crippen molar-refractivity contribution in [2.75, 3.05) is 43.0 Å². The van der Waals surface area contributed by atoms with Crippen LogP contribution in [0.4, 0.5) is 17.1 Å². The molecule has 2 saturated heterocycles. The topological polar surface area (TPSA) is 87.0 Å². The maximum Gasteiger partial charge on any atom is 0.294 e. The molecule has 152 valence electrons. The van der Waals surface area contributed by atoms with Gasteiger partial charge in [0.05, 0.1) is 22.4 Å². The van der Waals surface area contributed by atoms with Crippen LogP contribution in [0.1, 0.15) is 12.8 Å². The Hall–Kier alpha value is -2.74. The van der Waals surface area contributed by atoms with Crippen LogP contribution in [0.2, 0.25) is 0 Å². The van der Waals surface area contributed by atoms with E-state index in [0.717, 1.165) is 32.5 Å². The summed E-state index contributed by atoms with van der Waals surface area (Å²) in [5.74, 6) is -0.801. The fraction of sp³-hybridized carbons (Fsp3) is 0.524. The molecule has 2 aliphatic carbocycles. The van der Waals surface area contributed by atoms with Gasteiger partial charge in [-0.1, -0.05) is 12.2 Å². The molecule has 3 fully saturated rings. The first-order valence-corrected chi connectivity index (χ1v) is 10.2. The van der Waals surface area contributed by atoms with E-state index in [2.05, 4.69) is 4.90 Å². The highest BCUT2D eigenvalue weighted by atomic mass is 16.6. The standard InChI is InChI=1S/C21H24N4O4/c1-22-7-2-8-23(10-9-22)16-6-5-15(12-17(16)25(28)29)24-20(26)18-13-3-4-14(11-13)19(18)21(24)27/h3-6,12-14,18-19H,2,7-11H2,1H3/t13-,14-,18+,19+/m0/s1. The van der Waals surface area contributed by atoms with Crippen LogP contribution in [0.5, 0.6) is 0 Å². The summed E-state index contributed by atoms with van der Waals surface area (Å²) >= 11 is 0. The van der Waals surface area contributed by atoms with Crippen LogP contribution >= 0.6 is 0 Å². The Kier molecular flexibility index (Phi) is 4.20. The molecule has 4 atom stereocenters. The monoisotopic (exact) mass is 396 g/mol. The predicted octanol–water partition coefficient (Wildman–Crippen LogP) is 2.05. The van der Waals surface area contributed by atoms with Crippen molar-refractivity contribution in [3.05, 3.63) is 40.5 Å². The molecule has 8 nitrogen and oxygen atoms in total. The van der Waals surface area contributed by atoms with Crippen molar-refractivity contribution < 1.29 is 14.5 Å². The maximum absolute atomic E-state index is 13.0. The summed E-state index contributed by atoms with van der Waals surface area (Å²) in [6.45, 7) is 3.24. The van der Waals surface area contributed by atoms with Gasteiger partial charge in [-0.25, -0.2) is 4.90 Å². The summed E-state index contributed by atoms with van der Waals surface area (Å²) in [5, 5.41) is 11.8. The fourth-order valence-electron chi connectivity index (χ4n) is 5.51. The summed E-state index contributed by atoms with van der Waals surface area (Å²) < 4.78 is 0. The van der Waals surface area contributed by atoms with E-state index in [1.165, 1.54) is 11.0 Å². The first kappa shape index (κ1) is 18.3. The van der Waals surface area contributed by atoms with E-state index in [1.54, 1.807) is 12.1 Å². The fourth-order valence-corrected chi connectivity index (χ4v) is 5.51. The van der Waals surface area contributed by atoms with Crippen molar-refractivity contribution in [2.45, 2.75) is 12.8 Å². The number of anilines is 2. The van der Waals surface area contributed by atoms with Crippen LogP contribution in [0, 0.1) is 33.8 Å². The summed E-state index contributed by atoms with van der Waals surface area (Å²) in [4.78, 5) is 42.9. The number of hydrogen-bond donors (Lipinski definition) is 0. The van der Waals surface area contributed by atoms with Crippen molar-refractivity contribution in [3.8, 4) is 0 Å². The number of nitro groups is 1. The average Bonchev–Trinajstić information content (AvgIpc) is 3.33. The zero-order valence-corrected chi connectivity index (χ0v) is 16.4. The van der Waals surface area contributed by atoms with Gasteiger partial charge >= 0.3 is 0 Å². The van der Waals surface area contributed by atoms with Gasteiger partial charge in [-0.3, -0.25) is 19.7 Å². The van der Waals surface area contributed by atoms with Gasteiger partial charge in [-0.15, -0.1) is 0 Å². The lowest BCUT2D eigenvalue weighted by molar-refractivity contribution is -0.384. The van der Waals surface area contributed by atoms with Crippen molar-refractivity contribution >= 4 is 28.9 Å². The third-order valence-electron chi connectivity index (χ3n) is 6.94. The Morgan fingerprint density at radius 2 is 1.69 bits per heavy atom. The molecule has 2 bridgehead atoms. The summed E-state index contributed by atoms with van der Waals surface area (Å²) in [6, 6.07) is 4.78. The number of hydrogen-bond acceptors (Lipinski definition) is 6. The van der Waals surface area contributed by atoms with Crippen LogP contribution < -0.4 is 9.80 Å². The highest BCUT2D eigenvalue weighted by Gasteiger charge is 2.59. The summed E-state index contributed by atoms with van der Waals surface area (Å²) in [7, 11) is 2.05. The number of benzene rings is 1. The molecule has 0 aromatic heterocycles. The lowest BCUT2D eigenvalue weighted by Crippen LogP contribution is -2.33. The molecule has 1 aromatic rings. The highest BCUT2D eigenvalue weighted by molar-refractivity contribution is 6.23. The molecule has 1 aromatic carbocycles. The van der Waals surface area contributed by atoms with Crippen molar-refractivity contribution in [1.82, 2.24) is 4.90 Å². The summed E-state index contributed by atoms with van der Waals surface area (Å²) in [6.07, 6.45) is 5.88. The molecule has 0 N–H and O–H groups in total. The normalized spacial score (nSPS) is 31.5. The zero-order valence-electron chi connectivity index (χ0n) is 16.4. The molecule has 8 heteroatoms. The van der Waals surface area contributed by atoms with Gasteiger partial charge in [0.15, 0.2) is 0 Å². The largest absolute Gasteiger partial charge is 0.365 e. The minimum absolute atomic E-state index is 0.0502. The minimum atomic E-state index is -0.412. The molecule has 0 radical (unpaired) electrons. The SMILES string of the molecule is CN1CCCN(c2ccc(N3C(=O)[C@H]4[C@H](C3=O)[C@H]3C=C[C@H]4C3)cc2[N+](=O)[O-])CC1.